The van der Waals surface area contributed by atoms with Crippen LogP contribution in [-0.2, 0) is 37.4 Å². The average Bonchev–Trinajstić information content (AvgIpc) is 3.16. The van der Waals surface area contributed by atoms with Gasteiger partial charge < -0.3 is 30.6 Å². The van der Waals surface area contributed by atoms with Crippen LogP contribution < -0.4 is 11.1 Å². The molecule has 2 aliphatic rings. The molecule has 36 heavy (non-hydrogen) atoms. The highest BCUT2D eigenvalue weighted by Crippen LogP contribution is 2.47. The number of aryl methyl sites for hydroxylation is 1. The van der Waals surface area contributed by atoms with Gasteiger partial charge in [0.2, 0.25) is 5.91 Å². The molecule has 2 aromatic rings. The molecule has 5 N–H and O–H groups in total. The molecule has 0 radical (unpaired) electrons. The summed E-state index contributed by atoms with van der Waals surface area (Å²) in [4.78, 5) is 50.1. The van der Waals surface area contributed by atoms with E-state index in [1.807, 2.05) is 42.1 Å². The Morgan fingerprint density at radius 1 is 1.31 bits per heavy atom. The van der Waals surface area contributed by atoms with Crippen LogP contribution in [0.3, 0.4) is 0 Å². The van der Waals surface area contributed by atoms with Gasteiger partial charge in [0.05, 0.1) is 0 Å². The number of carbonyl (C=O) groups is 4. The second-order valence-corrected chi connectivity index (χ2v) is 9.95. The number of hydrogen-bond acceptors (Lipinski definition) is 7. The fraction of sp³-hybridized carbons (Fsp3) is 0.417. The number of para-hydroxylation sites is 1. The maximum atomic E-state index is 13.3. The lowest BCUT2D eigenvalue weighted by Gasteiger charge is -2.55. The van der Waals surface area contributed by atoms with Gasteiger partial charge in [0.25, 0.3) is 11.6 Å². The van der Waals surface area contributed by atoms with Gasteiger partial charge in [0.15, 0.2) is 0 Å². The fourth-order valence-corrected chi connectivity index (χ4v) is 6.19. The number of hydrogen-bond donors (Lipinski definition) is 4. The first-order valence-corrected chi connectivity index (χ1v) is 12.4. The molecule has 3 atom stereocenters. The van der Waals surface area contributed by atoms with E-state index in [0.29, 0.717) is 17.7 Å². The molecule has 11 nitrogen and oxygen atoms in total. The number of β-lactam (4-membered cyclic amide) rings is 1. The first-order chi connectivity index (χ1) is 17.1. The summed E-state index contributed by atoms with van der Waals surface area (Å²) < 4.78 is 7.43. The van der Waals surface area contributed by atoms with Gasteiger partial charge in [0, 0.05) is 43.4 Å². The molecule has 1 saturated heterocycles. The number of carboxylic acid groups (broad SMARTS) is 2. The van der Waals surface area contributed by atoms with E-state index in [1.165, 1.54) is 23.8 Å². The molecular weight excluding hydrogens is 488 g/mol. The van der Waals surface area contributed by atoms with E-state index in [-0.39, 0.29) is 25.0 Å². The molecular formula is C24H28N4O7S. The van der Waals surface area contributed by atoms with Gasteiger partial charge in [-0.05, 0) is 36.5 Å². The van der Waals surface area contributed by atoms with Crippen LogP contribution in [0.15, 0.2) is 41.7 Å². The van der Waals surface area contributed by atoms with Crippen molar-refractivity contribution in [2.75, 3.05) is 12.9 Å². The van der Waals surface area contributed by atoms with Gasteiger partial charge in [-0.25, -0.2) is 4.79 Å². The number of amides is 2. The molecule has 0 bridgehead atoms. The number of nitrogens with one attached hydrogen (secondary N) is 1. The molecule has 2 aliphatic heterocycles. The lowest BCUT2D eigenvalue weighted by molar-refractivity contribution is -0.192. The van der Waals surface area contributed by atoms with Crippen molar-refractivity contribution in [2.45, 2.75) is 42.8 Å². The van der Waals surface area contributed by atoms with E-state index in [0.717, 1.165) is 16.5 Å². The Morgan fingerprint density at radius 3 is 2.69 bits per heavy atom. The third-order valence-corrected chi connectivity index (χ3v) is 7.95. The van der Waals surface area contributed by atoms with Crippen molar-refractivity contribution in [1.29, 1.82) is 0 Å². The summed E-state index contributed by atoms with van der Waals surface area (Å²) in [6, 6.07) is 6.75. The number of methoxy groups -OCH3 is 1. The van der Waals surface area contributed by atoms with Crippen molar-refractivity contribution in [3.8, 4) is 0 Å². The number of aliphatic carboxylic acids is 2. The van der Waals surface area contributed by atoms with Gasteiger partial charge in [0.1, 0.15) is 17.1 Å². The number of aromatic nitrogens is 1. The minimum atomic E-state index is -1.69. The van der Waals surface area contributed by atoms with Crippen LogP contribution in [0.5, 0.6) is 0 Å². The Bertz CT molecular complexity index is 1270. The Labute approximate surface area is 211 Å². The summed E-state index contributed by atoms with van der Waals surface area (Å²) in [6.45, 7) is 0. The maximum Gasteiger partial charge on any atom is 0.352 e. The van der Waals surface area contributed by atoms with Crippen LogP contribution >= 0.6 is 11.8 Å². The number of nitrogens with zero attached hydrogens (tertiary/aromatic N) is 2. The van der Waals surface area contributed by atoms with Crippen molar-refractivity contribution in [3.05, 3.63) is 47.3 Å². The number of carboxylic acids is 2. The van der Waals surface area contributed by atoms with E-state index in [2.05, 4.69) is 5.32 Å². The molecule has 4 rings (SSSR count). The lowest BCUT2D eigenvalue weighted by atomic mass is 9.95. The molecule has 1 aromatic carbocycles. The molecule has 0 spiro atoms. The van der Waals surface area contributed by atoms with Crippen molar-refractivity contribution in [2.24, 2.45) is 12.8 Å². The highest BCUT2D eigenvalue weighted by Gasteiger charge is 2.66. The van der Waals surface area contributed by atoms with Crippen molar-refractivity contribution < 1.29 is 34.1 Å². The third kappa shape index (κ3) is 4.36. The predicted octanol–water partition coefficient (Wildman–Crippen LogP) is 1.02. The van der Waals surface area contributed by atoms with E-state index in [9.17, 15) is 24.3 Å². The number of thioether (sulfide) groups is 1. The Morgan fingerprint density at radius 2 is 2.03 bits per heavy atom. The number of benzene rings is 1. The zero-order valence-corrected chi connectivity index (χ0v) is 20.7. The van der Waals surface area contributed by atoms with Crippen LogP contribution in [0.2, 0.25) is 0 Å². The monoisotopic (exact) mass is 516 g/mol. The zero-order chi connectivity index (χ0) is 26.2. The molecule has 0 saturated carbocycles. The Hall–Kier alpha value is -3.35. The van der Waals surface area contributed by atoms with Crippen LogP contribution in [0.25, 0.3) is 10.9 Å². The second-order valence-electron chi connectivity index (χ2n) is 8.88. The summed E-state index contributed by atoms with van der Waals surface area (Å²) in [7, 11) is 3.21. The van der Waals surface area contributed by atoms with Crippen molar-refractivity contribution in [3.63, 3.8) is 0 Å². The third-order valence-electron chi connectivity index (χ3n) is 6.58. The highest BCUT2D eigenvalue weighted by atomic mass is 32.2. The molecule has 2 amide bonds. The maximum absolute atomic E-state index is 13.3. The molecule has 1 aromatic heterocycles. The minimum absolute atomic E-state index is 0.0509. The van der Waals surface area contributed by atoms with Gasteiger partial charge in [-0.2, -0.15) is 0 Å². The quantitative estimate of drug-likeness (QED) is 0.266. The molecule has 1 unspecified atom stereocenters. The minimum Gasteiger partial charge on any atom is -0.480 e. The van der Waals surface area contributed by atoms with Gasteiger partial charge in [-0.1, -0.05) is 18.2 Å². The average molecular weight is 517 g/mol. The van der Waals surface area contributed by atoms with E-state index < -0.39 is 40.9 Å². The lowest BCUT2D eigenvalue weighted by Crippen LogP contribution is -2.80. The largest absolute Gasteiger partial charge is 0.480 e. The van der Waals surface area contributed by atoms with Gasteiger partial charge >= 0.3 is 11.9 Å². The first-order valence-electron chi connectivity index (χ1n) is 11.4. The van der Waals surface area contributed by atoms with E-state index in [4.69, 9.17) is 15.6 Å². The van der Waals surface area contributed by atoms with Gasteiger partial charge in [-0.15, -0.1) is 11.8 Å². The molecule has 192 valence electrons. The molecule has 3 heterocycles. The molecule has 0 aliphatic carbocycles. The van der Waals surface area contributed by atoms with E-state index >= 15 is 0 Å². The summed E-state index contributed by atoms with van der Waals surface area (Å²) in [5.41, 5.74) is 6.27. The smallest absolute Gasteiger partial charge is 0.352 e. The summed E-state index contributed by atoms with van der Waals surface area (Å²) in [6.07, 6.45) is 2.59. The van der Waals surface area contributed by atoms with Crippen LogP contribution in [0.1, 0.15) is 24.8 Å². The molecule has 1 fully saturated rings. The summed E-state index contributed by atoms with van der Waals surface area (Å²) >= 11 is 1.32. The standard InChI is InChI=1S/C24H28N4O7S/c1-27-11-13(15-6-3-4-8-17(15)27)10-14-12-36-23-24(35-2,22(34)28(23)19(14)21(32)33)26-18(29)9-5-7-16(25)20(30)31/h3-4,6,8,11,16,23H,5,7,9-10,12,25H2,1-2H3,(H,26,29)(H,30,31)(H,32,33)/t16?,23-,24-/m0/s1. The number of ether oxygens (including phenoxy) is 1. The number of fused-ring (bicyclic) bond motifs is 2. The van der Waals surface area contributed by atoms with Crippen LogP contribution in [0, 0.1) is 0 Å². The normalized spacial score (nSPS) is 22.2. The number of nitrogens with two attached hydrogens (primary N) is 1. The van der Waals surface area contributed by atoms with Crippen molar-refractivity contribution >= 4 is 46.4 Å². The summed E-state index contributed by atoms with van der Waals surface area (Å²) in [5, 5.41) is 21.8. The summed E-state index contributed by atoms with van der Waals surface area (Å²) in [5.74, 6) is -3.20. The SMILES string of the molecule is CO[C@@]1(NC(=O)CCCC(N)C(=O)O)C(=O)N2C(C(=O)O)=C(Cc3cn(C)c4ccccc34)CS[C@H]21. The highest BCUT2D eigenvalue weighted by molar-refractivity contribution is 8.00. The molecule has 12 heteroatoms. The zero-order valence-electron chi connectivity index (χ0n) is 19.9. The Kier molecular flexibility index (Phi) is 7.12. The first kappa shape index (κ1) is 25.7. The van der Waals surface area contributed by atoms with Crippen LogP contribution in [0.4, 0.5) is 0 Å². The fourth-order valence-electron chi connectivity index (χ4n) is 4.75. The Balaban J connectivity index is 1.53. The number of carbonyl (C=O) groups excluding carboxylic acids is 2. The van der Waals surface area contributed by atoms with Crippen LogP contribution in [-0.4, -0.2) is 73.4 Å². The van der Waals surface area contributed by atoms with Crippen molar-refractivity contribution in [1.82, 2.24) is 14.8 Å². The topological polar surface area (TPSA) is 164 Å². The van der Waals surface area contributed by atoms with Gasteiger partial charge in [-0.3, -0.25) is 19.3 Å². The van der Waals surface area contributed by atoms with E-state index in [1.54, 1.807) is 0 Å². The second kappa shape index (κ2) is 9.96. The number of rotatable bonds is 10. The predicted molar refractivity (Wildman–Crippen MR) is 132 cm³/mol.